The van der Waals surface area contributed by atoms with Crippen molar-refractivity contribution in [3.8, 4) is 23.0 Å². The average molecular weight is 315 g/mol. The van der Waals surface area contributed by atoms with Crippen molar-refractivity contribution in [1.82, 2.24) is 5.32 Å². The highest BCUT2D eigenvalue weighted by molar-refractivity contribution is 5.94. The van der Waals surface area contributed by atoms with Gasteiger partial charge in [0, 0.05) is 17.7 Å². The summed E-state index contributed by atoms with van der Waals surface area (Å²) in [4.78, 5) is 12.3. The summed E-state index contributed by atoms with van der Waals surface area (Å²) in [5.41, 5.74) is 1.34. The number of amides is 1. The first-order chi connectivity index (χ1) is 11.2. The summed E-state index contributed by atoms with van der Waals surface area (Å²) >= 11 is 0. The number of ether oxygens (including phenoxy) is 4. The van der Waals surface area contributed by atoms with Crippen LogP contribution in [0.1, 0.15) is 15.9 Å². The van der Waals surface area contributed by atoms with E-state index in [0.717, 1.165) is 5.56 Å². The van der Waals surface area contributed by atoms with Crippen LogP contribution < -0.4 is 24.3 Å². The Labute approximate surface area is 133 Å². The van der Waals surface area contributed by atoms with Crippen LogP contribution in [0.2, 0.25) is 0 Å². The molecule has 0 aromatic heterocycles. The second-order valence-corrected chi connectivity index (χ2v) is 4.93. The van der Waals surface area contributed by atoms with Crippen molar-refractivity contribution in [2.24, 2.45) is 0 Å². The molecule has 23 heavy (non-hydrogen) atoms. The highest BCUT2D eigenvalue weighted by atomic mass is 16.7. The summed E-state index contributed by atoms with van der Waals surface area (Å²) in [6, 6.07) is 10.5. The number of benzene rings is 2. The van der Waals surface area contributed by atoms with Gasteiger partial charge in [-0.1, -0.05) is 0 Å². The van der Waals surface area contributed by atoms with Gasteiger partial charge in [-0.3, -0.25) is 4.79 Å². The molecule has 0 radical (unpaired) electrons. The lowest BCUT2D eigenvalue weighted by Gasteiger charge is -2.11. The van der Waals surface area contributed by atoms with E-state index >= 15 is 0 Å². The van der Waals surface area contributed by atoms with Gasteiger partial charge in [0.25, 0.3) is 5.91 Å². The van der Waals surface area contributed by atoms with Crippen LogP contribution in [0, 0.1) is 0 Å². The molecule has 6 heteroatoms. The Morgan fingerprint density at radius 2 is 1.91 bits per heavy atom. The van der Waals surface area contributed by atoms with Gasteiger partial charge < -0.3 is 24.3 Å². The third kappa shape index (κ3) is 3.15. The van der Waals surface area contributed by atoms with Gasteiger partial charge in [0.1, 0.15) is 11.5 Å². The van der Waals surface area contributed by atoms with Crippen LogP contribution in [0.25, 0.3) is 0 Å². The summed E-state index contributed by atoms with van der Waals surface area (Å²) in [6.45, 7) is 0.509. The topological polar surface area (TPSA) is 66.0 Å². The van der Waals surface area contributed by atoms with Crippen molar-refractivity contribution >= 4 is 5.91 Å². The van der Waals surface area contributed by atoms with Crippen LogP contribution in [0.4, 0.5) is 0 Å². The molecule has 1 heterocycles. The molecule has 2 aromatic rings. The van der Waals surface area contributed by atoms with E-state index in [-0.39, 0.29) is 12.7 Å². The smallest absolute Gasteiger partial charge is 0.251 e. The van der Waals surface area contributed by atoms with Crippen LogP contribution in [0.3, 0.4) is 0 Å². The van der Waals surface area contributed by atoms with E-state index in [0.29, 0.717) is 35.1 Å². The maximum absolute atomic E-state index is 12.3. The molecule has 1 N–H and O–H groups in total. The Kier molecular flexibility index (Phi) is 4.23. The molecule has 1 aliphatic rings. The fourth-order valence-electron chi connectivity index (χ4n) is 2.34. The van der Waals surface area contributed by atoms with Gasteiger partial charge in [-0.05, 0) is 36.4 Å². The van der Waals surface area contributed by atoms with E-state index in [2.05, 4.69) is 5.32 Å². The van der Waals surface area contributed by atoms with Gasteiger partial charge in [0.05, 0.1) is 14.2 Å². The van der Waals surface area contributed by atoms with Crippen LogP contribution in [0.15, 0.2) is 36.4 Å². The van der Waals surface area contributed by atoms with E-state index in [1.165, 1.54) is 0 Å². The number of hydrogen-bond acceptors (Lipinski definition) is 5. The van der Waals surface area contributed by atoms with Crippen molar-refractivity contribution in [3.63, 3.8) is 0 Å². The maximum atomic E-state index is 12.3. The first-order valence-electron chi connectivity index (χ1n) is 7.10. The molecule has 0 saturated heterocycles. The summed E-state index contributed by atoms with van der Waals surface area (Å²) in [6.07, 6.45) is 0. The Morgan fingerprint density at radius 3 is 2.70 bits per heavy atom. The largest absolute Gasteiger partial charge is 0.497 e. The minimum Gasteiger partial charge on any atom is -0.497 e. The molecule has 0 fully saturated rings. The number of fused-ring (bicyclic) bond motifs is 1. The minimum absolute atomic E-state index is 0.182. The number of carbonyl (C=O) groups excluding carboxylic acids is 1. The molecular weight excluding hydrogens is 298 g/mol. The predicted octanol–water partition coefficient (Wildman–Crippen LogP) is 2.36. The van der Waals surface area contributed by atoms with Gasteiger partial charge >= 0.3 is 0 Å². The first-order valence-corrected chi connectivity index (χ1v) is 7.10. The molecule has 0 aliphatic carbocycles. The molecular formula is C17H17NO5. The molecule has 0 spiro atoms. The fraction of sp³-hybridized carbons (Fsp3) is 0.235. The highest BCUT2D eigenvalue weighted by Crippen LogP contribution is 2.32. The normalized spacial score (nSPS) is 11.9. The molecule has 120 valence electrons. The zero-order chi connectivity index (χ0) is 16.2. The van der Waals surface area contributed by atoms with E-state index < -0.39 is 0 Å². The highest BCUT2D eigenvalue weighted by Gasteiger charge is 2.16. The van der Waals surface area contributed by atoms with Crippen molar-refractivity contribution in [3.05, 3.63) is 47.5 Å². The van der Waals surface area contributed by atoms with Crippen molar-refractivity contribution < 1.29 is 23.7 Å². The van der Waals surface area contributed by atoms with Crippen LogP contribution in [0.5, 0.6) is 23.0 Å². The second kappa shape index (κ2) is 6.48. The van der Waals surface area contributed by atoms with Gasteiger partial charge in [0.2, 0.25) is 6.79 Å². The van der Waals surface area contributed by atoms with Crippen LogP contribution in [-0.2, 0) is 6.54 Å². The molecule has 0 bridgehead atoms. The average Bonchev–Trinajstić information content (AvgIpc) is 3.06. The zero-order valence-electron chi connectivity index (χ0n) is 12.9. The predicted molar refractivity (Wildman–Crippen MR) is 83.3 cm³/mol. The van der Waals surface area contributed by atoms with Crippen molar-refractivity contribution in [1.29, 1.82) is 0 Å². The van der Waals surface area contributed by atoms with Gasteiger partial charge in [-0.25, -0.2) is 0 Å². The van der Waals surface area contributed by atoms with Crippen LogP contribution in [-0.4, -0.2) is 26.9 Å². The molecule has 0 atom stereocenters. The van der Waals surface area contributed by atoms with E-state index in [9.17, 15) is 4.79 Å². The van der Waals surface area contributed by atoms with Gasteiger partial charge in [-0.15, -0.1) is 0 Å². The van der Waals surface area contributed by atoms with Crippen molar-refractivity contribution in [2.75, 3.05) is 21.0 Å². The number of methoxy groups -OCH3 is 2. The summed E-state index contributed by atoms with van der Waals surface area (Å²) in [7, 11) is 3.18. The molecule has 1 aliphatic heterocycles. The fourth-order valence-corrected chi connectivity index (χ4v) is 2.34. The van der Waals surface area contributed by atoms with Crippen LogP contribution >= 0.6 is 0 Å². The zero-order valence-corrected chi connectivity index (χ0v) is 12.9. The molecule has 0 saturated carbocycles. The van der Waals surface area contributed by atoms with E-state index in [1.807, 2.05) is 12.1 Å². The van der Waals surface area contributed by atoms with E-state index in [4.69, 9.17) is 18.9 Å². The maximum Gasteiger partial charge on any atom is 0.251 e. The van der Waals surface area contributed by atoms with E-state index in [1.54, 1.807) is 38.5 Å². The Hall–Kier alpha value is -2.89. The second-order valence-electron chi connectivity index (χ2n) is 4.93. The Bertz CT molecular complexity index is 729. The van der Waals surface area contributed by atoms with Gasteiger partial charge in [-0.2, -0.15) is 0 Å². The lowest BCUT2D eigenvalue weighted by molar-refractivity contribution is 0.0950. The SMILES string of the molecule is COc1ccc(OC)c(CNC(=O)c2ccc3c(c2)OCO3)c1. The summed E-state index contributed by atoms with van der Waals surface area (Å²) in [5, 5.41) is 2.86. The molecule has 1 amide bonds. The Morgan fingerprint density at radius 1 is 1.09 bits per heavy atom. The van der Waals surface area contributed by atoms with Crippen molar-refractivity contribution in [2.45, 2.75) is 6.54 Å². The summed E-state index contributed by atoms with van der Waals surface area (Å²) < 4.78 is 21.0. The lowest BCUT2D eigenvalue weighted by atomic mass is 10.1. The molecule has 3 rings (SSSR count). The molecule has 0 unspecified atom stereocenters. The first kappa shape index (κ1) is 15.0. The Balaban J connectivity index is 1.71. The third-order valence-electron chi connectivity index (χ3n) is 3.56. The standard InChI is InChI=1S/C17H17NO5/c1-20-13-4-6-14(21-2)12(7-13)9-18-17(19)11-3-5-15-16(8-11)23-10-22-15/h3-8H,9-10H2,1-2H3,(H,18,19). The minimum atomic E-state index is -0.201. The number of hydrogen-bond donors (Lipinski definition) is 1. The molecule has 6 nitrogen and oxygen atoms in total. The molecule has 2 aromatic carbocycles. The third-order valence-corrected chi connectivity index (χ3v) is 3.56. The number of carbonyl (C=O) groups is 1. The quantitative estimate of drug-likeness (QED) is 0.917. The van der Waals surface area contributed by atoms with Gasteiger partial charge in [0.15, 0.2) is 11.5 Å². The summed E-state index contributed by atoms with van der Waals surface area (Å²) in [5.74, 6) is 2.43. The lowest BCUT2D eigenvalue weighted by Crippen LogP contribution is -2.23. The number of rotatable bonds is 5. The number of nitrogens with one attached hydrogen (secondary N) is 1. The monoisotopic (exact) mass is 315 g/mol.